The summed E-state index contributed by atoms with van der Waals surface area (Å²) in [5.74, 6) is -0.125. The van der Waals surface area contributed by atoms with Crippen LogP contribution in [0.4, 0.5) is 0 Å². The highest BCUT2D eigenvalue weighted by Gasteiger charge is 2.49. The van der Waals surface area contributed by atoms with Crippen molar-refractivity contribution in [1.82, 2.24) is 0 Å². The molecule has 1 aliphatic rings. The van der Waals surface area contributed by atoms with Gasteiger partial charge in [-0.3, -0.25) is 4.79 Å². The van der Waals surface area contributed by atoms with Crippen molar-refractivity contribution in [3.63, 3.8) is 0 Å². The average Bonchev–Trinajstić information content (AvgIpc) is 2.97. The zero-order chi connectivity index (χ0) is 36.1. The molecule has 5 atom stereocenters. The maximum atomic E-state index is 13.4. The van der Waals surface area contributed by atoms with Crippen molar-refractivity contribution in [3.05, 3.63) is 90.0 Å². The topological polar surface area (TPSA) is 54.0 Å². The molecule has 0 aliphatic carbocycles. The molecule has 1 saturated heterocycles. The highest BCUT2D eigenvalue weighted by Crippen LogP contribution is 2.44. The van der Waals surface area contributed by atoms with Gasteiger partial charge in [-0.05, 0) is 84.4 Å². The summed E-state index contributed by atoms with van der Waals surface area (Å²) in [6.07, 6.45) is -0.467. The average molecular weight is 711 g/mol. The van der Waals surface area contributed by atoms with Gasteiger partial charge < -0.3 is 18.3 Å². The van der Waals surface area contributed by atoms with Gasteiger partial charge in [0, 0.05) is 11.3 Å². The van der Waals surface area contributed by atoms with E-state index >= 15 is 0 Å². The Labute approximate surface area is 298 Å². The van der Waals surface area contributed by atoms with E-state index < -0.39 is 28.8 Å². The fraction of sp³-hybridized carbons (Fsp3) is 0.575. The predicted molar refractivity (Wildman–Crippen MR) is 208 cm³/mol. The summed E-state index contributed by atoms with van der Waals surface area (Å²) in [5.41, 5.74) is 4.14. The van der Waals surface area contributed by atoms with Crippen molar-refractivity contribution in [2.24, 2.45) is 5.92 Å². The van der Waals surface area contributed by atoms with Crippen LogP contribution < -0.4 is 0 Å². The highest BCUT2D eigenvalue weighted by molar-refractivity contribution is 8.13. The smallest absolute Gasteiger partial charge is 0.194 e. The Morgan fingerprint density at radius 1 is 0.958 bits per heavy atom. The first-order chi connectivity index (χ1) is 22.1. The first kappa shape index (κ1) is 40.6. The van der Waals surface area contributed by atoms with Crippen LogP contribution in [0.2, 0.25) is 36.3 Å². The molecular weight excluding hydrogens is 649 g/mol. The molecule has 48 heavy (non-hydrogen) atoms. The maximum Gasteiger partial charge on any atom is 0.194 e. The van der Waals surface area contributed by atoms with E-state index in [-0.39, 0.29) is 33.3 Å². The highest BCUT2D eigenvalue weighted by atomic mass is 32.2. The van der Waals surface area contributed by atoms with Gasteiger partial charge in [-0.15, -0.1) is 0 Å². The number of benzene rings is 2. The maximum absolute atomic E-state index is 13.4. The lowest BCUT2D eigenvalue weighted by Gasteiger charge is -2.49. The first-order valence-corrected chi connectivity index (χ1v) is 24.0. The lowest BCUT2D eigenvalue weighted by Crippen LogP contribution is -2.58. The molecule has 2 aromatic rings. The number of hydrogen-bond donors (Lipinski definition) is 0. The molecule has 0 saturated carbocycles. The van der Waals surface area contributed by atoms with Gasteiger partial charge in [0.1, 0.15) is 12.2 Å². The van der Waals surface area contributed by atoms with Crippen LogP contribution in [0.15, 0.2) is 83.8 Å². The Balaban J connectivity index is 1.95. The number of aryl methyl sites for hydroxylation is 1. The molecule has 2 aromatic carbocycles. The van der Waals surface area contributed by atoms with Gasteiger partial charge in [-0.25, -0.2) is 0 Å². The number of thioether (sulfide) groups is 1. The van der Waals surface area contributed by atoms with E-state index in [1.165, 1.54) is 17.3 Å². The standard InChI is InChI=1S/C40H62O5SSi2/c1-28-20-22-33(23-21-28)46-36(41)25-29(2)31(4)37(45-48(13,14)40(8,9)10)38-34(44-47(11,12)39(5,6)7)24-30(3)35(43-38)27-42-26-32-18-16-15-17-19-32/h15-23,29,34-35,37-38H,3-4,24-27H2,1-2,5-14H3/t29-,34+,35+,37-,38+/m1/s1. The third kappa shape index (κ3) is 11.1. The molecular formula is C40H62O5SSi2. The molecule has 1 aliphatic heterocycles. The Kier molecular flexibility index (Phi) is 14.0. The molecule has 0 radical (unpaired) electrons. The van der Waals surface area contributed by atoms with Gasteiger partial charge >= 0.3 is 0 Å². The summed E-state index contributed by atoms with van der Waals surface area (Å²) in [5, 5.41) is 0.0737. The van der Waals surface area contributed by atoms with E-state index in [1.54, 1.807) is 0 Å². The van der Waals surface area contributed by atoms with E-state index in [4.69, 9.17) is 18.3 Å². The predicted octanol–water partition coefficient (Wildman–Crippen LogP) is 10.9. The van der Waals surface area contributed by atoms with Crippen LogP contribution in [0.5, 0.6) is 0 Å². The molecule has 0 N–H and O–H groups in total. The minimum absolute atomic E-state index is 0.00817. The van der Waals surface area contributed by atoms with Crippen molar-refractivity contribution in [3.8, 4) is 0 Å². The van der Waals surface area contributed by atoms with Gasteiger partial charge in [0.25, 0.3) is 0 Å². The minimum Gasteiger partial charge on any atom is -0.411 e. The largest absolute Gasteiger partial charge is 0.411 e. The second-order valence-electron chi connectivity index (χ2n) is 16.6. The second kappa shape index (κ2) is 16.5. The molecule has 1 heterocycles. The lowest BCUT2D eigenvalue weighted by atomic mass is 9.86. The number of carbonyl (C=O) groups is 1. The molecule has 3 rings (SSSR count). The number of ether oxygens (including phenoxy) is 2. The van der Waals surface area contributed by atoms with E-state index in [0.717, 1.165) is 21.6 Å². The third-order valence-electron chi connectivity index (χ3n) is 10.5. The molecule has 0 aromatic heterocycles. The van der Waals surface area contributed by atoms with Crippen molar-refractivity contribution in [2.75, 3.05) is 6.61 Å². The first-order valence-electron chi connectivity index (χ1n) is 17.4. The molecule has 0 spiro atoms. The van der Waals surface area contributed by atoms with Crippen molar-refractivity contribution in [1.29, 1.82) is 0 Å². The molecule has 0 bridgehead atoms. The van der Waals surface area contributed by atoms with Gasteiger partial charge in [0.05, 0.1) is 25.4 Å². The monoisotopic (exact) mass is 710 g/mol. The summed E-state index contributed by atoms with van der Waals surface area (Å²) >= 11 is 1.29. The van der Waals surface area contributed by atoms with Gasteiger partial charge in [0.2, 0.25) is 0 Å². The molecule has 5 nitrogen and oxygen atoms in total. The second-order valence-corrected chi connectivity index (χ2v) is 27.3. The van der Waals surface area contributed by atoms with Crippen molar-refractivity contribution in [2.45, 2.75) is 140 Å². The molecule has 0 unspecified atom stereocenters. The lowest BCUT2D eigenvalue weighted by molar-refractivity contribution is -0.140. The fourth-order valence-corrected chi connectivity index (χ4v) is 8.58. The third-order valence-corrected chi connectivity index (χ3v) is 20.4. The van der Waals surface area contributed by atoms with Crippen LogP contribution in [-0.2, 0) is 29.7 Å². The van der Waals surface area contributed by atoms with Crippen LogP contribution >= 0.6 is 11.8 Å². The van der Waals surface area contributed by atoms with Gasteiger partial charge in [-0.1, -0.05) is 121 Å². The Hall–Kier alpha value is -1.79. The van der Waals surface area contributed by atoms with Crippen molar-refractivity contribution >= 4 is 33.5 Å². The van der Waals surface area contributed by atoms with E-state index in [0.29, 0.717) is 26.1 Å². The van der Waals surface area contributed by atoms with E-state index in [9.17, 15) is 4.79 Å². The zero-order valence-electron chi connectivity index (χ0n) is 31.8. The quantitative estimate of drug-likeness (QED) is 0.111. The van der Waals surface area contributed by atoms with Crippen LogP contribution in [0, 0.1) is 12.8 Å². The van der Waals surface area contributed by atoms with Gasteiger partial charge in [-0.2, -0.15) is 0 Å². The molecule has 8 heteroatoms. The summed E-state index contributed by atoms with van der Waals surface area (Å²) in [6.45, 7) is 36.8. The van der Waals surface area contributed by atoms with Crippen LogP contribution in [0.1, 0.15) is 72.4 Å². The summed E-state index contributed by atoms with van der Waals surface area (Å²) in [4.78, 5) is 14.3. The zero-order valence-corrected chi connectivity index (χ0v) is 34.6. The van der Waals surface area contributed by atoms with E-state index in [2.05, 4.69) is 107 Å². The summed E-state index contributed by atoms with van der Waals surface area (Å²) in [7, 11) is -4.54. The van der Waals surface area contributed by atoms with Crippen LogP contribution in [0.3, 0.4) is 0 Å². The van der Waals surface area contributed by atoms with Gasteiger partial charge in [0.15, 0.2) is 21.8 Å². The Morgan fingerprint density at radius 3 is 2.10 bits per heavy atom. The molecule has 266 valence electrons. The number of hydrogen-bond acceptors (Lipinski definition) is 6. The van der Waals surface area contributed by atoms with Crippen LogP contribution in [0.25, 0.3) is 0 Å². The Morgan fingerprint density at radius 2 is 1.54 bits per heavy atom. The number of rotatable bonds is 14. The van der Waals surface area contributed by atoms with Crippen molar-refractivity contribution < 1.29 is 23.1 Å². The normalized spacial score (nSPS) is 20.8. The fourth-order valence-electron chi connectivity index (χ4n) is 5.11. The summed E-state index contributed by atoms with van der Waals surface area (Å²) < 4.78 is 27.7. The minimum atomic E-state index is -2.33. The SMILES string of the molecule is C=C1C[C@H](O[Si](C)(C)C(C)(C)C)[C@@H]([C@H](O[Si](C)(C)C(C)(C)C)C(=C)[C@H](C)CC(=O)Sc2ccc(C)cc2)O[C@H]1COCc1ccccc1. The molecule has 1 fully saturated rings. The summed E-state index contributed by atoms with van der Waals surface area (Å²) in [6, 6.07) is 18.3. The van der Waals surface area contributed by atoms with E-state index in [1.807, 2.05) is 42.5 Å². The molecule has 0 amide bonds. The Bertz CT molecular complexity index is 1380. The number of carbonyl (C=O) groups excluding carboxylic acids is 1. The van der Waals surface area contributed by atoms with Crippen LogP contribution in [-0.4, -0.2) is 52.8 Å².